The van der Waals surface area contributed by atoms with Crippen molar-refractivity contribution in [3.05, 3.63) is 71.7 Å². The third-order valence-corrected chi connectivity index (χ3v) is 6.91. The van der Waals surface area contributed by atoms with E-state index >= 15 is 0 Å². The third-order valence-electron chi connectivity index (χ3n) is 5.72. The Hall–Kier alpha value is -2.60. The van der Waals surface area contributed by atoms with Gasteiger partial charge in [-0.05, 0) is 33.6 Å². The normalized spacial score (nSPS) is 12.8. The van der Waals surface area contributed by atoms with Crippen LogP contribution in [-0.2, 0) is 27.4 Å². The summed E-state index contributed by atoms with van der Waals surface area (Å²) in [5.74, 6) is 0. The molecular formula is C26H35N3O2S. The molecule has 5 nitrogen and oxygen atoms in total. The van der Waals surface area contributed by atoms with Crippen molar-refractivity contribution in [2.75, 3.05) is 17.6 Å². The fraction of sp³-hybridized carbons (Fsp3) is 0.423. The summed E-state index contributed by atoms with van der Waals surface area (Å²) >= 11 is 0. The third kappa shape index (κ3) is 5.23. The van der Waals surface area contributed by atoms with Crippen LogP contribution < -0.4 is 4.31 Å². The highest BCUT2D eigenvalue weighted by Crippen LogP contribution is 2.34. The van der Waals surface area contributed by atoms with Crippen LogP contribution in [0, 0.1) is 0 Å². The Morgan fingerprint density at radius 3 is 2.16 bits per heavy atom. The Labute approximate surface area is 193 Å². The second-order valence-corrected chi connectivity index (χ2v) is 12.6. The topological polar surface area (TPSA) is 55.2 Å². The summed E-state index contributed by atoms with van der Waals surface area (Å²) in [6.07, 6.45) is 5.18. The van der Waals surface area contributed by atoms with Crippen LogP contribution in [0.3, 0.4) is 0 Å². The van der Waals surface area contributed by atoms with E-state index in [4.69, 9.17) is 0 Å². The first kappa shape index (κ1) is 24.1. The van der Waals surface area contributed by atoms with Gasteiger partial charge < -0.3 is 4.57 Å². The number of aromatic nitrogens is 2. The molecule has 1 heterocycles. The van der Waals surface area contributed by atoms with Crippen molar-refractivity contribution < 1.29 is 8.42 Å². The number of rotatable bonds is 5. The molecule has 0 N–H and O–H groups in total. The molecular weight excluding hydrogens is 418 g/mol. The van der Waals surface area contributed by atoms with Gasteiger partial charge in [0.2, 0.25) is 10.0 Å². The molecule has 172 valence electrons. The van der Waals surface area contributed by atoms with Crippen LogP contribution in [0.5, 0.6) is 0 Å². The molecule has 0 aliphatic carbocycles. The lowest BCUT2D eigenvalue weighted by Gasteiger charge is -2.28. The monoisotopic (exact) mass is 453 g/mol. The Morgan fingerprint density at radius 1 is 0.938 bits per heavy atom. The summed E-state index contributed by atoms with van der Waals surface area (Å²) in [7, 11) is -1.73. The van der Waals surface area contributed by atoms with Crippen LogP contribution in [0.25, 0.3) is 11.3 Å². The molecule has 1 aromatic heterocycles. The Morgan fingerprint density at radius 2 is 1.56 bits per heavy atom. The lowest BCUT2D eigenvalue weighted by atomic mass is 9.83. The molecule has 3 rings (SSSR count). The van der Waals surface area contributed by atoms with Gasteiger partial charge >= 0.3 is 0 Å². The highest BCUT2D eigenvalue weighted by atomic mass is 32.2. The molecule has 6 heteroatoms. The lowest BCUT2D eigenvalue weighted by Crippen LogP contribution is -2.28. The highest BCUT2D eigenvalue weighted by Gasteiger charge is 2.24. The van der Waals surface area contributed by atoms with Gasteiger partial charge in [-0.15, -0.1) is 0 Å². The van der Waals surface area contributed by atoms with E-state index in [9.17, 15) is 8.42 Å². The lowest BCUT2D eigenvalue weighted by molar-refractivity contribution is 0.585. The second kappa shape index (κ2) is 8.39. The summed E-state index contributed by atoms with van der Waals surface area (Å²) < 4.78 is 27.7. The number of anilines is 1. The van der Waals surface area contributed by atoms with Crippen LogP contribution in [-0.4, -0.2) is 31.3 Å². The SMILES string of the molecule is CN(c1ccc(Cn2cnc(-c3ccccc3C(C)(C)C)c2)cc1C(C)(C)C)S(C)(=O)=O. The standard InChI is InChI=1S/C26H35N3O2S/c1-25(2,3)21-12-10-9-11-20(21)23-17-29(18-27-23)16-19-13-14-24(28(7)32(8,30)31)22(15-19)26(4,5)6/h9-15,17-18H,16H2,1-8H3. The average Bonchev–Trinajstić information content (AvgIpc) is 3.14. The minimum absolute atomic E-state index is 0.0312. The van der Waals surface area contributed by atoms with E-state index in [0.717, 1.165) is 22.4 Å². The van der Waals surface area contributed by atoms with E-state index in [1.165, 1.54) is 16.1 Å². The van der Waals surface area contributed by atoms with E-state index in [1.807, 2.05) is 18.5 Å². The molecule has 0 amide bonds. The molecule has 0 aliphatic heterocycles. The van der Waals surface area contributed by atoms with Crippen molar-refractivity contribution in [2.24, 2.45) is 0 Å². The predicted molar refractivity (Wildman–Crippen MR) is 134 cm³/mol. The molecule has 2 aromatic carbocycles. The Bertz CT molecular complexity index is 1210. The largest absolute Gasteiger partial charge is 0.332 e. The number of nitrogens with zero attached hydrogens (tertiary/aromatic N) is 3. The molecule has 3 aromatic rings. The first-order valence-electron chi connectivity index (χ1n) is 10.9. The maximum atomic E-state index is 12.1. The number of hydrogen-bond donors (Lipinski definition) is 0. The molecule has 0 aliphatic rings. The minimum Gasteiger partial charge on any atom is -0.332 e. The van der Waals surface area contributed by atoms with Crippen molar-refractivity contribution in [2.45, 2.75) is 58.9 Å². The quantitative estimate of drug-likeness (QED) is 0.506. The molecule has 0 fully saturated rings. The zero-order valence-electron chi connectivity index (χ0n) is 20.5. The van der Waals surface area contributed by atoms with Gasteiger partial charge in [-0.3, -0.25) is 4.31 Å². The van der Waals surface area contributed by atoms with Gasteiger partial charge in [-0.2, -0.15) is 0 Å². The molecule has 0 bridgehead atoms. The van der Waals surface area contributed by atoms with Crippen molar-refractivity contribution in [3.8, 4) is 11.3 Å². The Kier molecular flexibility index (Phi) is 6.31. The van der Waals surface area contributed by atoms with Gasteiger partial charge in [0.05, 0.1) is 24.0 Å². The molecule has 0 atom stereocenters. The minimum atomic E-state index is -3.34. The molecule has 0 spiro atoms. The first-order chi connectivity index (χ1) is 14.7. The molecule has 32 heavy (non-hydrogen) atoms. The zero-order valence-corrected chi connectivity index (χ0v) is 21.3. The van der Waals surface area contributed by atoms with E-state index < -0.39 is 10.0 Å². The number of benzene rings is 2. The van der Waals surface area contributed by atoms with Gasteiger partial charge in [0.1, 0.15) is 0 Å². The van der Waals surface area contributed by atoms with Crippen molar-refractivity contribution >= 4 is 15.7 Å². The van der Waals surface area contributed by atoms with Crippen LogP contribution in [0.1, 0.15) is 58.2 Å². The van der Waals surface area contributed by atoms with Crippen LogP contribution in [0.2, 0.25) is 0 Å². The maximum Gasteiger partial charge on any atom is 0.232 e. The smallest absolute Gasteiger partial charge is 0.232 e. The van der Waals surface area contributed by atoms with Crippen molar-refractivity contribution in [3.63, 3.8) is 0 Å². The predicted octanol–water partition coefficient (Wildman–Crippen LogP) is 5.59. The number of hydrogen-bond acceptors (Lipinski definition) is 3. The van der Waals surface area contributed by atoms with Crippen LogP contribution in [0.4, 0.5) is 5.69 Å². The molecule has 0 unspecified atom stereocenters. The van der Waals surface area contributed by atoms with Crippen molar-refractivity contribution in [1.82, 2.24) is 9.55 Å². The van der Waals surface area contributed by atoms with Crippen LogP contribution in [0.15, 0.2) is 55.0 Å². The van der Waals surface area contributed by atoms with E-state index in [1.54, 1.807) is 7.05 Å². The molecule has 0 radical (unpaired) electrons. The molecule has 0 saturated carbocycles. The van der Waals surface area contributed by atoms with Gasteiger partial charge in [0, 0.05) is 25.4 Å². The number of sulfonamides is 1. The summed E-state index contributed by atoms with van der Waals surface area (Å²) in [5, 5.41) is 0. The highest BCUT2D eigenvalue weighted by molar-refractivity contribution is 7.92. The fourth-order valence-electron chi connectivity index (χ4n) is 3.89. The maximum absolute atomic E-state index is 12.1. The van der Waals surface area contributed by atoms with E-state index in [0.29, 0.717) is 12.2 Å². The van der Waals surface area contributed by atoms with Crippen molar-refractivity contribution in [1.29, 1.82) is 0 Å². The first-order valence-corrected chi connectivity index (χ1v) is 12.7. The van der Waals surface area contributed by atoms with E-state index in [2.05, 4.69) is 87.6 Å². The summed E-state index contributed by atoms with van der Waals surface area (Å²) in [6.45, 7) is 13.6. The van der Waals surface area contributed by atoms with E-state index in [-0.39, 0.29) is 10.8 Å². The summed E-state index contributed by atoms with van der Waals surface area (Å²) in [4.78, 5) is 4.68. The summed E-state index contributed by atoms with van der Waals surface area (Å²) in [6, 6.07) is 14.4. The number of imidazole rings is 1. The fourth-order valence-corrected chi connectivity index (χ4v) is 4.41. The summed E-state index contributed by atoms with van der Waals surface area (Å²) in [5.41, 5.74) is 6.04. The van der Waals surface area contributed by atoms with Gasteiger partial charge in [-0.25, -0.2) is 13.4 Å². The average molecular weight is 454 g/mol. The van der Waals surface area contributed by atoms with Gasteiger partial charge in [0.25, 0.3) is 0 Å². The zero-order chi connectivity index (χ0) is 23.9. The second-order valence-electron chi connectivity index (χ2n) is 10.6. The van der Waals surface area contributed by atoms with Crippen LogP contribution >= 0.6 is 0 Å². The molecule has 0 saturated heterocycles. The Balaban J connectivity index is 1.96. The van der Waals surface area contributed by atoms with Gasteiger partial charge in [0.15, 0.2) is 0 Å². The van der Waals surface area contributed by atoms with Gasteiger partial charge in [-0.1, -0.05) is 77.9 Å².